The quantitative estimate of drug-likeness (QED) is 0.644. The summed E-state index contributed by atoms with van der Waals surface area (Å²) in [6.45, 7) is 2.21. The molecule has 1 aromatic rings. The van der Waals surface area contributed by atoms with E-state index in [1.54, 1.807) is 12.1 Å². The fourth-order valence-electron chi connectivity index (χ4n) is 3.37. The lowest BCUT2D eigenvalue weighted by Crippen LogP contribution is -2.45. The van der Waals surface area contributed by atoms with Crippen molar-refractivity contribution in [2.75, 3.05) is 0 Å². The molecule has 1 aliphatic carbocycles. The van der Waals surface area contributed by atoms with E-state index in [1.807, 2.05) is 0 Å². The third-order valence-corrected chi connectivity index (χ3v) is 4.97. The summed E-state index contributed by atoms with van der Waals surface area (Å²) in [5, 5.41) is 11.6. The van der Waals surface area contributed by atoms with Crippen LogP contribution in [-0.4, -0.2) is 10.5 Å². The van der Waals surface area contributed by atoms with E-state index in [0.29, 0.717) is 17.0 Å². The minimum atomic E-state index is -0.368. The van der Waals surface area contributed by atoms with E-state index in [-0.39, 0.29) is 16.1 Å². The molecule has 0 spiro atoms. The topological polar surface area (TPSA) is 69.2 Å². The summed E-state index contributed by atoms with van der Waals surface area (Å²) in [4.78, 5) is 10.8. The summed E-state index contributed by atoms with van der Waals surface area (Å²) in [6.07, 6.45) is 7.01. The zero-order valence-corrected chi connectivity index (χ0v) is 13.2. The Balaban J connectivity index is 2.13. The molecule has 1 aliphatic rings. The molecule has 0 heterocycles. The molecule has 4 nitrogen and oxygen atoms in total. The lowest BCUT2D eigenvalue weighted by atomic mass is 9.73. The first-order valence-corrected chi connectivity index (χ1v) is 8.03. The first kappa shape index (κ1) is 16.2. The van der Waals surface area contributed by atoms with E-state index in [2.05, 4.69) is 6.92 Å². The highest BCUT2D eigenvalue weighted by Crippen LogP contribution is 2.38. The predicted molar refractivity (Wildman–Crippen MR) is 85.6 cm³/mol. The van der Waals surface area contributed by atoms with Crippen molar-refractivity contribution in [3.8, 4) is 0 Å². The van der Waals surface area contributed by atoms with Crippen molar-refractivity contribution in [2.24, 2.45) is 11.7 Å². The minimum Gasteiger partial charge on any atom is -0.325 e. The van der Waals surface area contributed by atoms with Gasteiger partial charge in [-0.2, -0.15) is 0 Å². The Kier molecular flexibility index (Phi) is 5.22. The van der Waals surface area contributed by atoms with Crippen molar-refractivity contribution in [1.82, 2.24) is 0 Å². The molecule has 1 saturated carbocycles. The van der Waals surface area contributed by atoms with Crippen LogP contribution in [0.15, 0.2) is 18.2 Å². The highest BCUT2D eigenvalue weighted by atomic mass is 35.5. The van der Waals surface area contributed by atoms with Crippen LogP contribution in [0.4, 0.5) is 5.69 Å². The van der Waals surface area contributed by atoms with Gasteiger partial charge >= 0.3 is 0 Å². The van der Waals surface area contributed by atoms with Crippen molar-refractivity contribution in [1.29, 1.82) is 0 Å². The van der Waals surface area contributed by atoms with Crippen molar-refractivity contribution in [3.05, 3.63) is 38.9 Å². The first-order chi connectivity index (χ1) is 9.95. The molecule has 2 rings (SSSR count). The Bertz CT molecular complexity index is 511. The van der Waals surface area contributed by atoms with Crippen LogP contribution in [0, 0.1) is 16.0 Å². The average molecular weight is 311 g/mol. The molecule has 116 valence electrons. The van der Waals surface area contributed by atoms with Crippen LogP contribution in [-0.2, 0) is 6.42 Å². The maximum absolute atomic E-state index is 11.2. The van der Waals surface area contributed by atoms with E-state index in [9.17, 15) is 10.1 Å². The van der Waals surface area contributed by atoms with Gasteiger partial charge in [0, 0.05) is 11.6 Å². The molecule has 0 radical (unpaired) electrons. The van der Waals surface area contributed by atoms with E-state index < -0.39 is 0 Å². The molecule has 5 heteroatoms. The molecule has 0 atom stereocenters. The third kappa shape index (κ3) is 3.95. The second kappa shape index (κ2) is 6.75. The highest BCUT2D eigenvalue weighted by molar-refractivity contribution is 6.31. The molecular formula is C16H23ClN2O2. The Morgan fingerprint density at radius 3 is 2.67 bits per heavy atom. The van der Waals surface area contributed by atoms with Crippen LogP contribution >= 0.6 is 11.6 Å². The Labute approximate surface area is 130 Å². The van der Waals surface area contributed by atoms with Gasteiger partial charge in [0.15, 0.2) is 0 Å². The lowest BCUT2D eigenvalue weighted by molar-refractivity contribution is -0.385. The molecule has 0 unspecified atom stereocenters. The summed E-state index contributed by atoms with van der Waals surface area (Å²) in [5.41, 5.74) is 6.82. The van der Waals surface area contributed by atoms with Gasteiger partial charge in [0.2, 0.25) is 0 Å². The Morgan fingerprint density at radius 2 is 2.10 bits per heavy atom. The molecule has 21 heavy (non-hydrogen) atoms. The van der Waals surface area contributed by atoms with Crippen LogP contribution in [0.2, 0.25) is 5.02 Å². The number of hydrogen-bond donors (Lipinski definition) is 1. The fraction of sp³-hybridized carbons (Fsp3) is 0.625. The van der Waals surface area contributed by atoms with Gasteiger partial charge in [-0.15, -0.1) is 0 Å². The van der Waals surface area contributed by atoms with E-state index >= 15 is 0 Å². The molecule has 1 aromatic carbocycles. The van der Waals surface area contributed by atoms with Crippen LogP contribution in [0.1, 0.15) is 51.0 Å². The molecule has 0 amide bonds. The van der Waals surface area contributed by atoms with Crippen molar-refractivity contribution in [2.45, 2.75) is 57.4 Å². The summed E-state index contributed by atoms with van der Waals surface area (Å²) in [7, 11) is 0. The molecule has 0 bridgehead atoms. The second-order valence-corrected chi connectivity index (χ2v) is 6.67. The standard InChI is InChI=1S/C16H23ClN2O2/c1-2-4-12-7-9-16(18,10-8-12)11-13-14(17)5-3-6-15(13)19(20)21/h3,5-6,12H,2,4,7-11,18H2,1H3. The fourth-order valence-corrected chi connectivity index (χ4v) is 3.61. The predicted octanol–water partition coefficient (Wildman–Crippen LogP) is 4.48. The van der Waals surface area contributed by atoms with Gasteiger partial charge in [0.1, 0.15) is 0 Å². The zero-order valence-electron chi connectivity index (χ0n) is 12.5. The lowest BCUT2D eigenvalue weighted by Gasteiger charge is -2.37. The zero-order chi connectivity index (χ0) is 15.5. The van der Waals surface area contributed by atoms with Crippen LogP contribution in [0.5, 0.6) is 0 Å². The molecular weight excluding hydrogens is 288 g/mol. The van der Waals surface area contributed by atoms with Gasteiger partial charge in [-0.3, -0.25) is 10.1 Å². The molecule has 1 fully saturated rings. The van der Waals surface area contributed by atoms with Crippen molar-refractivity contribution in [3.63, 3.8) is 0 Å². The molecule has 0 aromatic heterocycles. The summed E-state index contributed by atoms with van der Waals surface area (Å²) in [6, 6.07) is 4.83. The van der Waals surface area contributed by atoms with E-state index in [0.717, 1.165) is 31.6 Å². The minimum absolute atomic E-state index is 0.0861. The highest BCUT2D eigenvalue weighted by Gasteiger charge is 2.34. The van der Waals surface area contributed by atoms with Gasteiger partial charge in [0.05, 0.1) is 15.5 Å². The number of nitro benzene ring substituents is 1. The summed E-state index contributed by atoms with van der Waals surface area (Å²) >= 11 is 6.17. The number of nitrogens with zero attached hydrogens (tertiary/aromatic N) is 1. The van der Waals surface area contributed by atoms with Gasteiger partial charge < -0.3 is 5.73 Å². The SMILES string of the molecule is CCCC1CCC(N)(Cc2c(Cl)cccc2[N+](=O)[O-])CC1. The summed E-state index contributed by atoms with van der Waals surface area (Å²) < 4.78 is 0. The Hall–Kier alpha value is -1.13. The maximum atomic E-state index is 11.2. The molecule has 0 aliphatic heterocycles. The van der Waals surface area contributed by atoms with Crippen LogP contribution < -0.4 is 5.73 Å². The van der Waals surface area contributed by atoms with E-state index in [1.165, 1.54) is 18.9 Å². The van der Waals surface area contributed by atoms with Gasteiger partial charge in [-0.1, -0.05) is 37.4 Å². The number of rotatable bonds is 5. The van der Waals surface area contributed by atoms with E-state index in [4.69, 9.17) is 17.3 Å². The van der Waals surface area contributed by atoms with Crippen molar-refractivity contribution >= 4 is 17.3 Å². The van der Waals surface area contributed by atoms with Crippen molar-refractivity contribution < 1.29 is 4.92 Å². The smallest absolute Gasteiger partial charge is 0.274 e. The average Bonchev–Trinajstić information content (AvgIpc) is 2.44. The Morgan fingerprint density at radius 1 is 1.43 bits per heavy atom. The van der Waals surface area contributed by atoms with Gasteiger partial charge in [0.25, 0.3) is 5.69 Å². The molecule has 0 saturated heterocycles. The number of benzene rings is 1. The first-order valence-electron chi connectivity index (χ1n) is 7.66. The second-order valence-electron chi connectivity index (χ2n) is 6.27. The van der Waals surface area contributed by atoms with Crippen LogP contribution in [0.25, 0.3) is 0 Å². The summed E-state index contributed by atoms with van der Waals surface area (Å²) in [5.74, 6) is 0.757. The van der Waals surface area contributed by atoms with Crippen LogP contribution in [0.3, 0.4) is 0 Å². The number of nitro groups is 1. The monoisotopic (exact) mass is 310 g/mol. The maximum Gasteiger partial charge on any atom is 0.274 e. The third-order valence-electron chi connectivity index (χ3n) is 4.62. The van der Waals surface area contributed by atoms with Gasteiger partial charge in [-0.25, -0.2) is 0 Å². The van der Waals surface area contributed by atoms with Gasteiger partial charge in [-0.05, 0) is 44.1 Å². The number of hydrogen-bond acceptors (Lipinski definition) is 3. The number of nitrogens with two attached hydrogens (primary N) is 1. The molecule has 2 N–H and O–H groups in total. The normalized spacial score (nSPS) is 25.8. The number of halogens is 1. The largest absolute Gasteiger partial charge is 0.325 e.